The van der Waals surface area contributed by atoms with Crippen LogP contribution in [-0.2, 0) is 6.54 Å². The van der Waals surface area contributed by atoms with E-state index in [9.17, 15) is 4.39 Å². The molecule has 2 aromatic rings. The van der Waals surface area contributed by atoms with Crippen molar-refractivity contribution in [2.24, 2.45) is 0 Å². The van der Waals surface area contributed by atoms with Crippen molar-refractivity contribution in [1.82, 2.24) is 9.88 Å². The van der Waals surface area contributed by atoms with Gasteiger partial charge in [0.15, 0.2) is 0 Å². The first-order valence-electron chi connectivity index (χ1n) is 7.03. The fourth-order valence-corrected chi connectivity index (χ4v) is 3.12. The van der Waals surface area contributed by atoms with Gasteiger partial charge in [0.25, 0.3) is 0 Å². The standard InChI is InChI=1S/C16H19AsFN3/c1-20(9-12-2-4-13(18)5-3-12)15-10-21(11-15)14-6-7-19-16(17)8-14/h2-8,15H,9-11,17H2,1H3. The van der Waals surface area contributed by atoms with Crippen molar-refractivity contribution in [2.45, 2.75) is 12.6 Å². The Morgan fingerprint density at radius 2 is 2.00 bits per heavy atom. The van der Waals surface area contributed by atoms with Crippen LogP contribution in [-0.4, -0.2) is 52.9 Å². The predicted molar refractivity (Wildman–Crippen MR) is 86.3 cm³/mol. The van der Waals surface area contributed by atoms with E-state index in [-0.39, 0.29) is 5.82 Å². The number of rotatable bonds is 4. The van der Waals surface area contributed by atoms with Crippen molar-refractivity contribution in [1.29, 1.82) is 0 Å². The van der Waals surface area contributed by atoms with Crippen LogP contribution in [0, 0.1) is 5.82 Å². The van der Waals surface area contributed by atoms with E-state index < -0.39 is 0 Å². The van der Waals surface area contributed by atoms with Crippen LogP contribution in [0.5, 0.6) is 0 Å². The Labute approximate surface area is 133 Å². The minimum atomic E-state index is -0.175. The summed E-state index contributed by atoms with van der Waals surface area (Å²) in [6.45, 7) is 2.93. The molecule has 1 aliphatic rings. The molecule has 1 atom stereocenters. The molecule has 0 aliphatic carbocycles. The average Bonchev–Trinajstić information content (AvgIpc) is 2.40. The van der Waals surface area contributed by atoms with Crippen molar-refractivity contribution in [3.63, 3.8) is 0 Å². The van der Waals surface area contributed by atoms with Crippen LogP contribution in [0.2, 0.25) is 0 Å². The molecule has 3 rings (SSSR count). The summed E-state index contributed by atoms with van der Waals surface area (Å²) < 4.78 is 14.0. The van der Waals surface area contributed by atoms with E-state index in [0.717, 1.165) is 29.7 Å². The normalized spacial score (nSPS) is 15.3. The summed E-state index contributed by atoms with van der Waals surface area (Å²) >= 11 is 1.55. The second-order valence-corrected chi connectivity index (χ2v) is 6.78. The summed E-state index contributed by atoms with van der Waals surface area (Å²) in [7, 11) is 2.13. The molecule has 0 spiro atoms. The third-order valence-corrected chi connectivity index (χ3v) is 4.62. The molecule has 0 saturated carbocycles. The molecule has 5 heteroatoms. The Morgan fingerprint density at radius 3 is 2.67 bits per heavy atom. The zero-order valence-electron chi connectivity index (χ0n) is 12.0. The van der Waals surface area contributed by atoms with E-state index in [4.69, 9.17) is 0 Å². The number of nitrogens with zero attached hydrogens (tertiary/aromatic N) is 3. The number of likely N-dealkylation sites (N-methyl/N-ethyl adjacent to an activating group) is 1. The molecule has 3 nitrogen and oxygen atoms in total. The molecule has 0 bridgehead atoms. The molecule has 1 aromatic carbocycles. The number of hydrogen-bond acceptors (Lipinski definition) is 3. The van der Waals surface area contributed by atoms with Crippen molar-refractivity contribution >= 4 is 27.0 Å². The Bertz CT molecular complexity index is 611. The van der Waals surface area contributed by atoms with Gasteiger partial charge in [-0.3, -0.25) is 0 Å². The Morgan fingerprint density at radius 1 is 1.29 bits per heavy atom. The topological polar surface area (TPSA) is 19.4 Å². The fourth-order valence-electron chi connectivity index (χ4n) is 2.59. The molecule has 2 heterocycles. The summed E-state index contributed by atoms with van der Waals surface area (Å²) in [6.07, 6.45) is 1.88. The van der Waals surface area contributed by atoms with E-state index >= 15 is 0 Å². The molecule has 0 N–H and O–H groups in total. The second-order valence-electron chi connectivity index (χ2n) is 5.54. The zero-order valence-corrected chi connectivity index (χ0v) is 14.5. The van der Waals surface area contributed by atoms with E-state index in [1.165, 1.54) is 17.8 Å². The van der Waals surface area contributed by atoms with Crippen LogP contribution in [0.3, 0.4) is 0 Å². The van der Waals surface area contributed by atoms with Crippen molar-refractivity contribution < 1.29 is 4.39 Å². The number of anilines is 1. The molecule has 0 radical (unpaired) electrons. The molecular formula is C16H19AsFN3. The van der Waals surface area contributed by atoms with Crippen LogP contribution in [0.15, 0.2) is 42.6 Å². The SMILES string of the molecule is CN(Cc1ccc(F)cc1)C1CN(c2ccnc([AsH2])c2)C1. The van der Waals surface area contributed by atoms with Crippen molar-refractivity contribution in [3.05, 3.63) is 54.0 Å². The first-order valence-corrected chi connectivity index (χ1v) is 8.24. The van der Waals surface area contributed by atoms with Crippen molar-refractivity contribution in [3.8, 4) is 0 Å². The maximum atomic E-state index is 12.9. The minimum absolute atomic E-state index is 0.175. The van der Waals surface area contributed by atoms with Gasteiger partial charge in [0.1, 0.15) is 0 Å². The molecule has 1 unspecified atom stereocenters. The molecule has 1 fully saturated rings. The molecular weight excluding hydrogens is 328 g/mol. The van der Waals surface area contributed by atoms with Gasteiger partial charge in [-0.2, -0.15) is 0 Å². The van der Waals surface area contributed by atoms with Crippen LogP contribution >= 0.6 is 0 Å². The van der Waals surface area contributed by atoms with Gasteiger partial charge in [0, 0.05) is 0 Å². The number of hydrogen-bond donors (Lipinski definition) is 0. The van der Waals surface area contributed by atoms with E-state index in [1.807, 2.05) is 18.3 Å². The summed E-state index contributed by atoms with van der Waals surface area (Å²) in [5, 5.41) is 0. The first kappa shape index (κ1) is 14.6. The van der Waals surface area contributed by atoms with Gasteiger partial charge >= 0.3 is 129 Å². The summed E-state index contributed by atoms with van der Waals surface area (Å²) in [5.41, 5.74) is 2.41. The van der Waals surface area contributed by atoms with E-state index in [2.05, 4.69) is 34.0 Å². The van der Waals surface area contributed by atoms with Crippen LogP contribution in [0.1, 0.15) is 5.56 Å². The average molecular weight is 347 g/mol. The third kappa shape index (κ3) is 3.45. The maximum absolute atomic E-state index is 12.9. The molecule has 21 heavy (non-hydrogen) atoms. The first-order chi connectivity index (χ1) is 10.1. The third-order valence-electron chi connectivity index (χ3n) is 3.96. The summed E-state index contributed by atoms with van der Waals surface area (Å²) in [5.74, 6) is -0.175. The summed E-state index contributed by atoms with van der Waals surface area (Å²) in [4.78, 5) is 8.96. The van der Waals surface area contributed by atoms with Gasteiger partial charge in [-0.1, -0.05) is 0 Å². The van der Waals surface area contributed by atoms with Gasteiger partial charge in [-0.05, 0) is 0 Å². The molecule has 1 aliphatic heterocycles. The number of benzene rings is 1. The van der Waals surface area contributed by atoms with Gasteiger partial charge in [-0.25, -0.2) is 4.39 Å². The van der Waals surface area contributed by atoms with Crippen LogP contribution in [0.25, 0.3) is 0 Å². The fraction of sp³-hybridized carbons (Fsp3) is 0.312. The van der Waals surface area contributed by atoms with Gasteiger partial charge in [-0.15, -0.1) is 0 Å². The summed E-state index contributed by atoms with van der Waals surface area (Å²) in [6, 6.07) is 11.5. The predicted octanol–water partition coefficient (Wildman–Crippen LogP) is 0.800. The van der Waals surface area contributed by atoms with Crippen LogP contribution in [0.4, 0.5) is 10.1 Å². The van der Waals surface area contributed by atoms with E-state index in [0.29, 0.717) is 6.04 Å². The van der Waals surface area contributed by atoms with E-state index in [1.54, 1.807) is 16.9 Å². The molecule has 1 aromatic heterocycles. The Kier molecular flexibility index (Phi) is 4.27. The molecule has 0 amide bonds. The van der Waals surface area contributed by atoms with Crippen LogP contribution < -0.4 is 9.38 Å². The van der Waals surface area contributed by atoms with Crippen molar-refractivity contribution in [2.75, 3.05) is 25.0 Å². The van der Waals surface area contributed by atoms with Gasteiger partial charge in [0.2, 0.25) is 0 Å². The Balaban J connectivity index is 1.54. The second kappa shape index (κ2) is 6.16. The monoisotopic (exact) mass is 347 g/mol. The Hall–Kier alpha value is -1.38. The molecule has 110 valence electrons. The quantitative estimate of drug-likeness (QED) is 0.763. The van der Waals surface area contributed by atoms with Gasteiger partial charge in [0.05, 0.1) is 0 Å². The number of pyridine rings is 1. The number of aromatic nitrogens is 1. The van der Waals surface area contributed by atoms with Gasteiger partial charge < -0.3 is 0 Å². The number of halogens is 1. The molecule has 1 saturated heterocycles. The zero-order chi connectivity index (χ0) is 14.8.